The number of ketones is 2. The van der Waals surface area contributed by atoms with Gasteiger partial charge in [0.1, 0.15) is 24.1 Å². The average molecular weight is 564 g/mol. The molecule has 1 heterocycles. The van der Waals surface area contributed by atoms with Crippen molar-refractivity contribution in [3.05, 3.63) is 48.6 Å². The molecule has 5 rings (SSSR count). The number of rotatable bonds is 7. The number of benzene rings is 1. The number of hydrogen-bond donors (Lipinski definition) is 1. The van der Waals surface area contributed by atoms with Crippen molar-refractivity contribution in [2.75, 3.05) is 13.1 Å². The van der Waals surface area contributed by atoms with Crippen molar-refractivity contribution < 1.29 is 24.2 Å². The van der Waals surface area contributed by atoms with Gasteiger partial charge in [-0.05, 0) is 74.4 Å². The maximum absolute atomic E-state index is 13.6. The second-order valence-corrected chi connectivity index (χ2v) is 14.2. The molecule has 1 aromatic rings. The number of carbonyl (C=O) groups excluding carboxylic acids is 3. The number of carbonyl (C=O) groups is 3. The van der Waals surface area contributed by atoms with Crippen molar-refractivity contribution in [3.63, 3.8) is 0 Å². The molecule has 4 fully saturated rings. The molecule has 3 aliphatic carbocycles. The van der Waals surface area contributed by atoms with E-state index in [1.165, 1.54) is 5.56 Å². The molecule has 0 amide bonds. The van der Waals surface area contributed by atoms with Crippen LogP contribution in [0.25, 0.3) is 0 Å². The lowest BCUT2D eigenvalue weighted by atomic mass is 9.44. The van der Waals surface area contributed by atoms with Gasteiger partial charge in [-0.2, -0.15) is 0 Å². The Kier molecular flexibility index (Phi) is 8.39. The molecule has 1 aromatic carbocycles. The molecule has 0 radical (unpaired) electrons. The van der Waals surface area contributed by atoms with Crippen molar-refractivity contribution in [2.24, 2.45) is 39.9 Å². The Hall–Kier alpha value is -2.31. The number of piperidine rings is 1. The summed E-state index contributed by atoms with van der Waals surface area (Å²) in [7, 11) is 0. The number of aliphatic hydroxyl groups excluding tert-OH is 1. The number of Topliss-reactive ketones (excluding diaryl/α,β-unsaturated/α-hetero) is 2. The highest BCUT2D eigenvalue weighted by Crippen LogP contribution is 2.68. The van der Waals surface area contributed by atoms with Gasteiger partial charge >= 0.3 is 5.97 Å². The molecule has 6 heteroatoms. The number of hydrogen-bond acceptors (Lipinski definition) is 6. The molecule has 41 heavy (non-hydrogen) atoms. The van der Waals surface area contributed by atoms with Crippen molar-refractivity contribution >= 4 is 17.5 Å². The van der Waals surface area contributed by atoms with Gasteiger partial charge < -0.3 is 9.84 Å². The first kappa shape index (κ1) is 30.2. The number of ether oxygens (including phenoxy) is 1. The third kappa shape index (κ3) is 5.24. The Morgan fingerprint density at radius 3 is 2.44 bits per heavy atom. The summed E-state index contributed by atoms with van der Waals surface area (Å²) in [6, 6.07) is 10.3. The number of likely N-dealkylation sites (tertiary alicyclic amines) is 1. The second kappa shape index (κ2) is 11.4. The van der Waals surface area contributed by atoms with Crippen LogP contribution in [0.3, 0.4) is 0 Å². The molecular weight excluding hydrogens is 514 g/mol. The van der Waals surface area contributed by atoms with Gasteiger partial charge in [-0.3, -0.25) is 19.3 Å². The Bertz CT molecular complexity index is 1160. The quantitative estimate of drug-likeness (QED) is 0.258. The zero-order chi connectivity index (χ0) is 29.6. The van der Waals surface area contributed by atoms with E-state index in [-0.39, 0.29) is 47.1 Å². The van der Waals surface area contributed by atoms with Gasteiger partial charge in [0.2, 0.25) is 0 Å². The first-order valence-electron chi connectivity index (χ1n) is 15.8. The number of esters is 1. The molecule has 3 saturated carbocycles. The summed E-state index contributed by atoms with van der Waals surface area (Å²) < 4.78 is 6.30. The summed E-state index contributed by atoms with van der Waals surface area (Å²) in [6.45, 7) is 15.0. The van der Waals surface area contributed by atoms with Crippen LogP contribution >= 0.6 is 0 Å². The average Bonchev–Trinajstić information content (AvgIpc) is 3.32. The van der Waals surface area contributed by atoms with E-state index in [9.17, 15) is 19.5 Å². The summed E-state index contributed by atoms with van der Waals surface area (Å²) in [5.74, 6) is -0.618. The van der Waals surface area contributed by atoms with Crippen molar-refractivity contribution in [1.82, 2.24) is 4.90 Å². The number of aliphatic hydroxyl groups is 1. The van der Waals surface area contributed by atoms with Gasteiger partial charge in [0.05, 0.1) is 6.10 Å². The SMILES string of the molecule is C=C[C@@]1(C)C[C@@H](OC(=O)CC(=O)C2CCN(Cc3ccccc3)CC2)[C@]2(C)C(C)CC[C@]3(CCC(=O)C32)[C@@H](C)[C@@H]1O. The predicted octanol–water partition coefficient (Wildman–Crippen LogP) is 5.76. The maximum Gasteiger partial charge on any atom is 0.313 e. The Labute approximate surface area is 245 Å². The van der Waals surface area contributed by atoms with Crippen LogP contribution in [-0.4, -0.2) is 52.8 Å². The maximum atomic E-state index is 13.6. The first-order valence-corrected chi connectivity index (χ1v) is 15.8. The van der Waals surface area contributed by atoms with E-state index < -0.39 is 29.0 Å². The summed E-state index contributed by atoms with van der Waals surface area (Å²) >= 11 is 0. The van der Waals surface area contributed by atoms with Crippen LogP contribution in [0.4, 0.5) is 0 Å². The molecule has 1 aliphatic heterocycles. The molecule has 0 aromatic heterocycles. The normalized spacial score (nSPS) is 39.8. The second-order valence-electron chi connectivity index (χ2n) is 14.2. The third-order valence-electron chi connectivity index (χ3n) is 12.2. The van der Waals surface area contributed by atoms with Gasteiger partial charge in [0.15, 0.2) is 0 Å². The smallest absolute Gasteiger partial charge is 0.313 e. The molecule has 6 nitrogen and oxygen atoms in total. The highest BCUT2D eigenvalue weighted by atomic mass is 16.5. The predicted molar refractivity (Wildman–Crippen MR) is 159 cm³/mol. The monoisotopic (exact) mass is 563 g/mol. The lowest BCUT2D eigenvalue weighted by Gasteiger charge is -2.61. The number of nitrogens with zero attached hydrogens (tertiary/aromatic N) is 1. The van der Waals surface area contributed by atoms with Crippen molar-refractivity contribution in [2.45, 2.75) is 97.8 Å². The third-order valence-corrected chi connectivity index (χ3v) is 12.2. The molecule has 0 spiro atoms. The fourth-order valence-electron chi connectivity index (χ4n) is 9.24. The van der Waals surface area contributed by atoms with E-state index in [1.54, 1.807) is 6.08 Å². The molecule has 4 aliphatic rings. The lowest BCUT2D eigenvalue weighted by Crippen LogP contribution is -2.63. The zero-order valence-electron chi connectivity index (χ0n) is 25.4. The summed E-state index contributed by atoms with van der Waals surface area (Å²) in [6.07, 6.45) is 5.27. The zero-order valence-corrected chi connectivity index (χ0v) is 25.4. The van der Waals surface area contributed by atoms with Crippen LogP contribution in [0.5, 0.6) is 0 Å². The van der Waals surface area contributed by atoms with Gasteiger partial charge in [0, 0.05) is 35.6 Å². The molecule has 8 atom stereocenters. The van der Waals surface area contributed by atoms with E-state index in [1.807, 2.05) is 25.1 Å². The van der Waals surface area contributed by atoms with Crippen LogP contribution in [0.1, 0.15) is 84.6 Å². The molecule has 1 N–H and O–H groups in total. The minimum Gasteiger partial charge on any atom is -0.461 e. The van der Waals surface area contributed by atoms with Crippen LogP contribution < -0.4 is 0 Å². The van der Waals surface area contributed by atoms with Gasteiger partial charge in [0.25, 0.3) is 0 Å². The van der Waals surface area contributed by atoms with Gasteiger partial charge in [-0.1, -0.05) is 64.1 Å². The van der Waals surface area contributed by atoms with Crippen LogP contribution in [0, 0.1) is 39.9 Å². The molecular formula is C35H49NO5. The van der Waals surface area contributed by atoms with E-state index in [0.717, 1.165) is 51.7 Å². The summed E-state index contributed by atoms with van der Waals surface area (Å²) in [5, 5.41) is 11.7. The minimum atomic E-state index is -0.699. The standard InChI is InChI=1S/C35H49NO5/c1-6-33(4)21-29(34(5)23(2)12-16-35(24(3)32(33)40)17-13-27(37)31(34)35)41-30(39)20-28(38)26-14-18-36(19-15-26)22-25-10-8-7-9-11-25/h6-11,23-24,26,29,31-32,40H,1,12-22H2,2-5H3/t23?,24-,29+,31?,32-,33-,34-,35-/m0/s1. The molecule has 2 bridgehead atoms. The minimum absolute atomic E-state index is 0.0477. The molecule has 2 unspecified atom stereocenters. The highest BCUT2D eigenvalue weighted by Gasteiger charge is 2.68. The van der Waals surface area contributed by atoms with E-state index >= 15 is 0 Å². The van der Waals surface area contributed by atoms with Crippen LogP contribution in [0.2, 0.25) is 0 Å². The van der Waals surface area contributed by atoms with E-state index in [2.05, 4.69) is 44.4 Å². The van der Waals surface area contributed by atoms with E-state index in [0.29, 0.717) is 12.8 Å². The van der Waals surface area contributed by atoms with E-state index in [4.69, 9.17) is 4.74 Å². The van der Waals surface area contributed by atoms with Gasteiger partial charge in [-0.15, -0.1) is 6.58 Å². The van der Waals surface area contributed by atoms with Crippen molar-refractivity contribution in [3.8, 4) is 0 Å². The summed E-state index contributed by atoms with van der Waals surface area (Å²) in [4.78, 5) is 42.7. The Morgan fingerprint density at radius 2 is 1.78 bits per heavy atom. The molecule has 224 valence electrons. The van der Waals surface area contributed by atoms with Crippen LogP contribution in [0.15, 0.2) is 43.0 Å². The largest absolute Gasteiger partial charge is 0.461 e. The van der Waals surface area contributed by atoms with Crippen molar-refractivity contribution in [1.29, 1.82) is 0 Å². The fourth-order valence-corrected chi connectivity index (χ4v) is 9.24. The van der Waals surface area contributed by atoms with Crippen LogP contribution in [-0.2, 0) is 25.7 Å². The summed E-state index contributed by atoms with van der Waals surface area (Å²) in [5.41, 5.74) is -0.286. The lowest BCUT2D eigenvalue weighted by molar-refractivity contribution is -0.206. The van der Waals surface area contributed by atoms with Gasteiger partial charge in [-0.25, -0.2) is 0 Å². The topological polar surface area (TPSA) is 83.9 Å². The Morgan fingerprint density at radius 1 is 1.10 bits per heavy atom. The Balaban J connectivity index is 1.31. The highest BCUT2D eigenvalue weighted by molar-refractivity contribution is 5.97. The fraction of sp³-hybridized carbons (Fsp3) is 0.686. The molecule has 1 saturated heterocycles. The first-order chi connectivity index (χ1) is 19.4.